The molecule has 1 N–H and O–H groups in total. The molecule has 0 bridgehead atoms. The van der Waals surface area contributed by atoms with Crippen molar-refractivity contribution in [3.63, 3.8) is 0 Å². The number of rotatable bonds is 8. The van der Waals surface area contributed by atoms with Crippen molar-refractivity contribution in [1.29, 1.82) is 0 Å². The molecule has 2 aliphatic rings. The lowest BCUT2D eigenvalue weighted by atomic mass is 9.77. The molecule has 1 saturated carbocycles. The van der Waals surface area contributed by atoms with E-state index in [1.165, 1.54) is 19.3 Å². The van der Waals surface area contributed by atoms with Crippen LogP contribution in [0.15, 0.2) is 0 Å². The van der Waals surface area contributed by atoms with E-state index in [0.29, 0.717) is 12.0 Å². The molecule has 3 nitrogen and oxygen atoms in total. The largest absolute Gasteiger partial charge is 0.396 e. The molecule has 2 rings (SSSR count). The molecule has 2 fully saturated rings. The van der Waals surface area contributed by atoms with Gasteiger partial charge in [0.05, 0.1) is 12.7 Å². The van der Waals surface area contributed by atoms with Gasteiger partial charge in [-0.3, -0.25) is 0 Å². The zero-order valence-electron chi connectivity index (χ0n) is 11.0. The van der Waals surface area contributed by atoms with Crippen LogP contribution in [-0.2, 0) is 9.47 Å². The quantitative estimate of drug-likeness (QED) is 0.664. The van der Waals surface area contributed by atoms with Crippen LogP contribution in [0.25, 0.3) is 0 Å². The van der Waals surface area contributed by atoms with Gasteiger partial charge >= 0.3 is 0 Å². The molecule has 100 valence electrons. The Bertz CT molecular complexity index is 228. The molecule has 0 aromatic heterocycles. The third-order valence-corrected chi connectivity index (χ3v) is 4.25. The second kappa shape index (κ2) is 6.17. The lowest BCUT2D eigenvalue weighted by Gasteiger charge is -2.32. The van der Waals surface area contributed by atoms with Gasteiger partial charge < -0.3 is 14.6 Å². The predicted octanol–water partition coefficient (Wildman–Crippen LogP) is 2.37. The van der Waals surface area contributed by atoms with Crippen molar-refractivity contribution in [2.75, 3.05) is 26.4 Å². The molecule has 0 aromatic rings. The molecule has 0 aromatic carbocycles. The van der Waals surface area contributed by atoms with Crippen molar-refractivity contribution in [3.05, 3.63) is 0 Å². The first kappa shape index (κ1) is 13.3. The van der Waals surface area contributed by atoms with E-state index in [2.05, 4.69) is 6.92 Å². The number of ether oxygens (including phenoxy) is 2. The molecule has 0 amide bonds. The van der Waals surface area contributed by atoms with Crippen LogP contribution in [0.4, 0.5) is 0 Å². The minimum atomic E-state index is -0.00657. The van der Waals surface area contributed by atoms with E-state index < -0.39 is 0 Å². The van der Waals surface area contributed by atoms with E-state index in [0.717, 1.165) is 39.1 Å². The van der Waals surface area contributed by atoms with Crippen LogP contribution in [0, 0.1) is 11.3 Å². The molecule has 1 saturated heterocycles. The van der Waals surface area contributed by atoms with Gasteiger partial charge in [-0.05, 0) is 38.0 Å². The SMILES string of the molecule is CCCCOCCC1(CO)CCOC1C1CC1. The van der Waals surface area contributed by atoms with E-state index in [4.69, 9.17) is 9.47 Å². The van der Waals surface area contributed by atoms with Gasteiger partial charge in [0.2, 0.25) is 0 Å². The molecule has 0 radical (unpaired) electrons. The summed E-state index contributed by atoms with van der Waals surface area (Å²) in [5.41, 5.74) is -0.00657. The molecule has 1 aliphatic carbocycles. The summed E-state index contributed by atoms with van der Waals surface area (Å²) in [4.78, 5) is 0. The number of unbranched alkanes of at least 4 members (excludes halogenated alkanes) is 1. The molecule has 17 heavy (non-hydrogen) atoms. The third kappa shape index (κ3) is 3.21. The topological polar surface area (TPSA) is 38.7 Å². The molecular formula is C14H26O3. The highest BCUT2D eigenvalue weighted by Gasteiger charge is 2.50. The highest BCUT2D eigenvalue weighted by Crippen LogP contribution is 2.49. The molecule has 1 aliphatic heterocycles. The van der Waals surface area contributed by atoms with E-state index >= 15 is 0 Å². The maximum Gasteiger partial charge on any atom is 0.0683 e. The third-order valence-electron chi connectivity index (χ3n) is 4.25. The normalized spacial score (nSPS) is 33.2. The average Bonchev–Trinajstić information content (AvgIpc) is 3.10. The van der Waals surface area contributed by atoms with E-state index in [1.54, 1.807) is 0 Å². The summed E-state index contributed by atoms with van der Waals surface area (Å²) < 4.78 is 11.5. The van der Waals surface area contributed by atoms with Crippen LogP contribution in [0.3, 0.4) is 0 Å². The maximum absolute atomic E-state index is 9.73. The van der Waals surface area contributed by atoms with Crippen LogP contribution in [0.2, 0.25) is 0 Å². The van der Waals surface area contributed by atoms with Crippen LogP contribution in [-0.4, -0.2) is 37.6 Å². The Morgan fingerprint density at radius 3 is 2.82 bits per heavy atom. The molecule has 2 unspecified atom stereocenters. The zero-order chi connectivity index (χ0) is 12.1. The second-order valence-corrected chi connectivity index (χ2v) is 5.62. The standard InChI is InChI=1S/C14H26O3/c1-2-3-8-16-9-6-14(11-15)7-10-17-13(14)12-4-5-12/h12-13,15H,2-11H2,1H3. The van der Waals surface area contributed by atoms with E-state index in [-0.39, 0.29) is 12.0 Å². The van der Waals surface area contributed by atoms with E-state index in [1.807, 2.05) is 0 Å². The fourth-order valence-corrected chi connectivity index (χ4v) is 2.88. The Kier molecular flexibility index (Phi) is 4.83. The number of hydrogen-bond acceptors (Lipinski definition) is 3. The van der Waals surface area contributed by atoms with Crippen molar-refractivity contribution >= 4 is 0 Å². The lowest BCUT2D eigenvalue weighted by Crippen LogP contribution is -2.37. The minimum absolute atomic E-state index is 0.00657. The van der Waals surface area contributed by atoms with Crippen molar-refractivity contribution in [2.45, 2.75) is 51.6 Å². The minimum Gasteiger partial charge on any atom is -0.396 e. The van der Waals surface area contributed by atoms with Gasteiger partial charge in [0, 0.05) is 25.2 Å². The number of aliphatic hydroxyl groups excluding tert-OH is 1. The lowest BCUT2D eigenvalue weighted by molar-refractivity contribution is -0.0204. The first-order valence-corrected chi connectivity index (χ1v) is 7.12. The van der Waals surface area contributed by atoms with Gasteiger partial charge in [-0.15, -0.1) is 0 Å². The Morgan fingerprint density at radius 2 is 2.18 bits per heavy atom. The van der Waals surface area contributed by atoms with Crippen molar-refractivity contribution < 1.29 is 14.6 Å². The summed E-state index contributed by atoms with van der Waals surface area (Å²) >= 11 is 0. The Balaban J connectivity index is 1.77. The van der Waals surface area contributed by atoms with Crippen LogP contribution >= 0.6 is 0 Å². The highest BCUT2D eigenvalue weighted by molar-refractivity contribution is 4.99. The van der Waals surface area contributed by atoms with Crippen LogP contribution in [0.1, 0.15) is 45.4 Å². The zero-order valence-corrected chi connectivity index (χ0v) is 11.0. The Morgan fingerprint density at radius 1 is 1.35 bits per heavy atom. The molecule has 2 atom stereocenters. The smallest absolute Gasteiger partial charge is 0.0683 e. The van der Waals surface area contributed by atoms with Gasteiger partial charge in [0.1, 0.15) is 0 Å². The molecular weight excluding hydrogens is 216 g/mol. The number of hydrogen-bond donors (Lipinski definition) is 1. The summed E-state index contributed by atoms with van der Waals surface area (Å²) in [5, 5.41) is 9.73. The summed E-state index contributed by atoms with van der Waals surface area (Å²) in [6.07, 6.45) is 7.12. The van der Waals surface area contributed by atoms with Gasteiger partial charge in [0.25, 0.3) is 0 Å². The monoisotopic (exact) mass is 242 g/mol. The summed E-state index contributed by atoms with van der Waals surface area (Å²) in [6, 6.07) is 0. The molecule has 3 heteroatoms. The van der Waals surface area contributed by atoms with E-state index in [9.17, 15) is 5.11 Å². The summed E-state index contributed by atoms with van der Waals surface area (Å²) in [5.74, 6) is 0.709. The first-order valence-electron chi connectivity index (χ1n) is 7.12. The van der Waals surface area contributed by atoms with Crippen molar-refractivity contribution in [2.24, 2.45) is 11.3 Å². The molecule has 1 heterocycles. The fraction of sp³-hybridized carbons (Fsp3) is 1.00. The molecule has 0 spiro atoms. The maximum atomic E-state index is 9.73. The Hall–Kier alpha value is -0.120. The van der Waals surface area contributed by atoms with Crippen LogP contribution in [0.5, 0.6) is 0 Å². The Labute approximate surface area is 104 Å². The predicted molar refractivity (Wildman–Crippen MR) is 66.9 cm³/mol. The summed E-state index contributed by atoms with van der Waals surface area (Å²) in [7, 11) is 0. The van der Waals surface area contributed by atoms with Crippen LogP contribution < -0.4 is 0 Å². The van der Waals surface area contributed by atoms with Crippen molar-refractivity contribution in [1.82, 2.24) is 0 Å². The summed E-state index contributed by atoms with van der Waals surface area (Å²) in [6.45, 7) is 4.87. The van der Waals surface area contributed by atoms with Gasteiger partial charge in [-0.1, -0.05) is 13.3 Å². The average molecular weight is 242 g/mol. The second-order valence-electron chi connectivity index (χ2n) is 5.62. The van der Waals surface area contributed by atoms with Gasteiger partial charge in [0.15, 0.2) is 0 Å². The number of aliphatic hydroxyl groups is 1. The van der Waals surface area contributed by atoms with Crippen molar-refractivity contribution in [3.8, 4) is 0 Å². The van der Waals surface area contributed by atoms with Gasteiger partial charge in [-0.2, -0.15) is 0 Å². The first-order chi connectivity index (χ1) is 8.32. The fourth-order valence-electron chi connectivity index (χ4n) is 2.88. The highest BCUT2D eigenvalue weighted by atomic mass is 16.5. The van der Waals surface area contributed by atoms with Gasteiger partial charge in [-0.25, -0.2) is 0 Å².